The Labute approximate surface area is 132 Å². The van der Waals surface area contributed by atoms with E-state index in [1.54, 1.807) is 18.2 Å². The van der Waals surface area contributed by atoms with E-state index in [9.17, 15) is 5.11 Å². The Hall–Kier alpha value is -2.03. The summed E-state index contributed by atoms with van der Waals surface area (Å²) in [5.41, 5.74) is 1.26. The second-order valence-corrected chi connectivity index (χ2v) is 5.38. The van der Waals surface area contributed by atoms with Gasteiger partial charge in [-0.25, -0.2) is 0 Å². The van der Waals surface area contributed by atoms with Gasteiger partial charge in [0.1, 0.15) is 24.5 Å². The van der Waals surface area contributed by atoms with Crippen LogP contribution in [0.5, 0.6) is 5.75 Å². The van der Waals surface area contributed by atoms with Crippen LogP contribution in [-0.2, 0) is 0 Å². The van der Waals surface area contributed by atoms with Crippen molar-refractivity contribution in [3.8, 4) is 11.8 Å². The molecule has 2 N–H and O–H groups in total. The van der Waals surface area contributed by atoms with E-state index in [-0.39, 0.29) is 6.61 Å². The van der Waals surface area contributed by atoms with Crippen LogP contribution in [0.1, 0.15) is 5.56 Å². The van der Waals surface area contributed by atoms with Crippen LogP contribution in [0.15, 0.2) is 53.0 Å². The summed E-state index contributed by atoms with van der Waals surface area (Å²) in [5, 5.41) is 22.0. The molecule has 1 unspecified atom stereocenters. The molecular formula is C16H15BrN2O2. The molecule has 0 saturated carbocycles. The predicted molar refractivity (Wildman–Crippen MR) is 85.3 cm³/mol. The smallest absolute Gasteiger partial charge is 0.120 e. The highest BCUT2D eigenvalue weighted by atomic mass is 79.9. The van der Waals surface area contributed by atoms with E-state index >= 15 is 0 Å². The third-order valence-corrected chi connectivity index (χ3v) is 3.31. The number of rotatable bonds is 6. The monoisotopic (exact) mass is 346 g/mol. The van der Waals surface area contributed by atoms with Gasteiger partial charge in [0.15, 0.2) is 0 Å². The number of halogens is 1. The maximum atomic E-state index is 9.92. The summed E-state index contributed by atoms with van der Waals surface area (Å²) >= 11 is 3.36. The Kier molecular flexibility index (Phi) is 5.61. The van der Waals surface area contributed by atoms with Crippen molar-refractivity contribution < 1.29 is 9.84 Å². The van der Waals surface area contributed by atoms with Gasteiger partial charge >= 0.3 is 0 Å². The van der Waals surface area contributed by atoms with Gasteiger partial charge in [-0.3, -0.25) is 0 Å². The lowest BCUT2D eigenvalue weighted by Gasteiger charge is -2.14. The molecule has 4 nitrogen and oxygen atoms in total. The number of ether oxygens (including phenoxy) is 1. The zero-order valence-electron chi connectivity index (χ0n) is 11.3. The normalized spacial score (nSPS) is 11.5. The van der Waals surface area contributed by atoms with Crippen molar-refractivity contribution in [1.82, 2.24) is 0 Å². The number of benzene rings is 2. The van der Waals surface area contributed by atoms with Crippen molar-refractivity contribution in [2.75, 3.05) is 18.5 Å². The minimum absolute atomic E-state index is 0.179. The minimum atomic E-state index is -0.671. The van der Waals surface area contributed by atoms with Crippen LogP contribution < -0.4 is 10.1 Å². The molecule has 2 aromatic rings. The first-order valence-corrected chi connectivity index (χ1v) is 7.28. The molecule has 0 aliphatic carbocycles. The maximum Gasteiger partial charge on any atom is 0.120 e. The van der Waals surface area contributed by atoms with Crippen molar-refractivity contribution in [2.24, 2.45) is 0 Å². The highest BCUT2D eigenvalue weighted by molar-refractivity contribution is 9.10. The largest absolute Gasteiger partial charge is 0.491 e. The van der Waals surface area contributed by atoms with Gasteiger partial charge in [-0.1, -0.05) is 34.1 Å². The highest BCUT2D eigenvalue weighted by Gasteiger charge is 2.07. The number of hydrogen-bond donors (Lipinski definition) is 2. The summed E-state index contributed by atoms with van der Waals surface area (Å²) in [4.78, 5) is 0. The van der Waals surface area contributed by atoms with Crippen LogP contribution in [0.2, 0.25) is 0 Å². The topological polar surface area (TPSA) is 65.3 Å². The fraction of sp³-hybridized carbons (Fsp3) is 0.188. The molecule has 108 valence electrons. The van der Waals surface area contributed by atoms with Crippen LogP contribution in [0.3, 0.4) is 0 Å². The Morgan fingerprint density at radius 3 is 2.81 bits per heavy atom. The van der Waals surface area contributed by atoms with Crippen molar-refractivity contribution in [2.45, 2.75) is 6.10 Å². The molecule has 21 heavy (non-hydrogen) atoms. The van der Waals surface area contributed by atoms with E-state index in [1.165, 1.54) is 0 Å². The number of hydrogen-bond acceptors (Lipinski definition) is 4. The molecule has 0 aromatic heterocycles. The first kappa shape index (κ1) is 15.4. The van der Waals surface area contributed by atoms with Crippen molar-refractivity contribution in [3.05, 3.63) is 58.6 Å². The van der Waals surface area contributed by atoms with Crippen LogP contribution >= 0.6 is 15.9 Å². The zero-order chi connectivity index (χ0) is 15.1. The summed E-state index contributed by atoms with van der Waals surface area (Å²) in [6, 6.07) is 16.7. The number of aliphatic hydroxyl groups excluding tert-OH is 1. The first-order chi connectivity index (χ1) is 10.2. The van der Waals surface area contributed by atoms with Crippen molar-refractivity contribution in [1.29, 1.82) is 5.26 Å². The van der Waals surface area contributed by atoms with E-state index < -0.39 is 6.10 Å². The Morgan fingerprint density at radius 1 is 1.24 bits per heavy atom. The molecule has 1 atom stereocenters. The summed E-state index contributed by atoms with van der Waals surface area (Å²) in [7, 11) is 0. The first-order valence-electron chi connectivity index (χ1n) is 6.48. The maximum absolute atomic E-state index is 9.92. The molecule has 0 saturated heterocycles. The quantitative estimate of drug-likeness (QED) is 0.842. The number of aliphatic hydroxyl groups is 1. The molecule has 0 spiro atoms. The third kappa shape index (κ3) is 4.78. The van der Waals surface area contributed by atoms with Gasteiger partial charge in [-0.15, -0.1) is 0 Å². The van der Waals surface area contributed by atoms with Gasteiger partial charge in [0, 0.05) is 11.0 Å². The molecule has 2 rings (SSSR count). The molecule has 0 aliphatic rings. The zero-order valence-corrected chi connectivity index (χ0v) is 12.9. The second kappa shape index (κ2) is 7.67. The number of nitrogens with zero attached hydrogens (tertiary/aromatic N) is 1. The van der Waals surface area contributed by atoms with Gasteiger partial charge in [0.05, 0.1) is 11.3 Å². The van der Waals surface area contributed by atoms with Crippen LogP contribution in [0.4, 0.5) is 5.69 Å². The summed E-state index contributed by atoms with van der Waals surface area (Å²) in [5.74, 6) is 0.695. The standard InChI is InChI=1S/C16H15BrN2O2/c17-13-5-3-6-15(8-13)21-11-14(20)10-19-16-7-2-1-4-12(16)9-18/h1-8,14,19-20H,10-11H2. The molecule has 0 radical (unpaired) electrons. The number of nitrogens with one attached hydrogen (secondary N) is 1. The average molecular weight is 347 g/mol. The predicted octanol–water partition coefficient (Wildman–Crippen LogP) is 3.17. The number of para-hydroxylation sites is 1. The molecule has 0 heterocycles. The molecular weight excluding hydrogens is 332 g/mol. The molecule has 0 fully saturated rings. The van der Waals surface area contributed by atoms with Crippen molar-refractivity contribution in [3.63, 3.8) is 0 Å². The minimum Gasteiger partial charge on any atom is -0.491 e. The van der Waals surface area contributed by atoms with E-state index in [0.29, 0.717) is 23.5 Å². The molecule has 5 heteroatoms. The van der Waals surface area contributed by atoms with E-state index in [1.807, 2.05) is 30.3 Å². The fourth-order valence-electron chi connectivity index (χ4n) is 1.77. The molecule has 0 bridgehead atoms. The third-order valence-electron chi connectivity index (χ3n) is 2.81. The Morgan fingerprint density at radius 2 is 2.05 bits per heavy atom. The second-order valence-electron chi connectivity index (χ2n) is 4.46. The highest BCUT2D eigenvalue weighted by Crippen LogP contribution is 2.18. The Bertz CT molecular complexity index is 640. The average Bonchev–Trinajstić information content (AvgIpc) is 2.51. The SMILES string of the molecule is N#Cc1ccccc1NCC(O)COc1cccc(Br)c1. The molecule has 0 aliphatic heterocycles. The fourth-order valence-corrected chi connectivity index (χ4v) is 2.15. The van der Waals surface area contributed by atoms with Crippen LogP contribution in [0, 0.1) is 11.3 Å². The lowest BCUT2D eigenvalue weighted by Crippen LogP contribution is -2.26. The summed E-state index contributed by atoms with van der Waals surface area (Å²) < 4.78 is 6.44. The van der Waals surface area contributed by atoms with E-state index in [4.69, 9.17) is 10.00 Å². The van der Waals surface area contributed by atoms with Crippen LogP contribution in [-0.4, -0.2) is 24.4 Å². The van der Waals surface area contributed by atoms with E-state index in [2.05, 4.69) is 27.3 Å². The van der Waals surface area contributed by atoms with Gasteiger partial charge in [0.25, 0.3) is 0 Å². The van der Waals surface area contributed by atoms with Gasteiger partial charge in [-0.05, 0) is 30.3 Å². The van der Waals surface area contributed by atoms with Crippen molar-refractivity contribution >= 4 is 21.6 Å². The summed E-state index contributed by atoms with van der Waals surface area (Å²) in [6.07, 6.45) is -0.671. The van der Waals surface area contributed by atoms with Gasteiger partial charge < -0.3 is 15.2 Å². The number of anilines is 1. The van der Waals surface area contributed by atoms with Crippen LogP contribution in [0.25, 0.3) is 0 Å². The van der Waals surface area contributed by atoms with Gasteiger partial charge in [-0.2, -0.15) is 5.26 Å². The number of nitriles is 1. The molecule has 2 aromatic carbocycles. The summed E-state index contributed by atoms with van der Waals surface area (Å²) in [6.45, 7) is 0.491. The Balaban J connectivity index is 1.82. The van der Waals surface area contributed by atoms with Gasteiger partial charge in [0.2, 0.25) is 0 Å². The lowest BCUT2D eigenvalue weighted by atomic mass is 10.2. The van der Waals surface area contributed by atoms with E-state index in [0.717, 1.165) is 4.47 Å². The molecule has 0 amide bonds. The lowest BCUT2D eigenvalue weighted by molar-refractivity contribution is 0.117.